The Balaban J connectivity index is 2.15. The zero-order valence-electron chi connectivity index (χ0n) is 19.0. The fourth-order valence-electron chi connectivity index (χ4n) is 3.99. The number of aliphatic hydroxyl groups is 1. The smallest absolute Gasteiger partial charge is 0.315 e. The minimum atomic E-state index is -1.07. The van der Waals surface area contributed by atoms with E-state index >= 15 is 0 Å². The van der Waals surface area contributed by atoms with Gasteiger partial charge in [-0.15, -0.1) is 0 Å². The third-order valence-corrected chi connectivity index (χ3v) is 6.54. The van der Waals surface area contributed by atoms with E-state index in [0.29, 0.717) is 24.5 Å². The first-order valence-corrected chi connectivity index (χ1v) is 11.1. The molecule has 0 aromatic heterocycles. The minimum absolute atomic E-state index is 0.0382. The summed E-state index contributed by atoms with van der Waals surface area (Å²) in [6, 6.07) is 6.33. The van der Waals surface area contributed by atoms with Crippen LogP contribution in [0.3, 0.4) is 0 Å². The summed E-state index contributed by atoms with van der Waals surface area (Å²) in [5.74, 6) is -0.170. The summed E-state index contributed by atoms with van der Waals surface area (Å²) in [5.41, 5.74) is -0.839. The molecule has 0 spiro atoms. The van der Waals surface area contributed by atoms with Gasteiger partial charge < -0.3 is 20.6 Å². The van der Waals surface area contributed by atoms with Crippen molar-refractivity contribution in [1.82, 2.24) is 15.5 Å². The van der Waals surface area contributed by atoms with E-state index in [-0.39, 0.29) is 23.9 Å². The van der Waals surface area contributed by atoms with Crippen LogP contribution in [0, 0.1) is 11.3 Å². The third-order valence-electron chi connectivity index (χ3n) is 6.29. The van der Waals surface area contributed by atoms with Crippen LogP contribution < -0.4 is 10.6 Å². The molecular weight excluding hydrogens is 402 g/mol. The fraction of sp³-hybridized carbons (Fsp3) is 0.652. The summed E-state index contributed by atoms with van der Waals surface area (Å²) in [6.07, 6.45) is 1.23. The largest absolute Gasteiger partial charge is 0.384 e. The van der Waals surface area contributed by atoms with Gasteiger partial charge in [-0.25, -0.2) is 4.79 Å². The van der Waals surface area contributed by atoms with Crippen LogP contribution in [0.25, 0.3) is 0 Å². The second kappa shape index (κ2) is 9.56. The lowest BCUT2D eigenvalue weighted by Gasteiger charge is -2.51. The number of halogens is 1. The summed E-state index contributed by atoms with van der Waals surface area (Å²) >= 11 is 6.00. The molecule has 0 unspecified atom stereocenters. The van der Waals surface area contributed by atoms with E-state index in [2.05, 4.69) is 10.6 Å². The standard InChI is InChI=1S/C23H36ClN3O3/c1-7-16(4)25-21(29)26-19(15(2)3)20(28)27-13-12-23(30,22(5,6)14-27)17-8-10-18(24)11-9-17/h8-11,15-16,19,30H,7,12-14H2,1-6H3,(H2,25,26,29)/t16-,19-,23+/m1/s1. The highest BCUT2D eigenvalue weighted by atomic mass is 35.5. The van der Waals surface area contributed by atoms with Crippen LogP contribution in [-0.4, -0.2) is 47.1 Å². The van der Waals surface area contributed by atoms with Crippen molar-refractivity contribution in [3.8, 4) is 0 Å². The Kier molecular flexibility index (Phi) is 7.80. The molecule has 2 rings (SSSR count). The van der Waals surface area contributed by atoms with Gasteiger partial charge in [0.25, 0.3) is 0 Å². The van der Waals surface area contributed by atoms with Crippen molar-refractivity contribution in [3.63, 3.8) is 0 Å². The summed E-state index contributed by atoms with van der Waals surface area (Å²) in [4.78, 5) is 27.4. The number of benzene rings is 1. The average Bonchev–Trinajstić information content (AvgIpc) is 2.67. The molecule has 0 bridgehead atoms. The SMILES string of the molecule is CC[C@@H](C)NC(=O)N[C@@H](C(=O)N1CC[C@](O)(c2ccc(Cl)cc2)C(C)(C)C1)C(C)C. The molecule has 6 nitrogen and oxygen atoms in total. The Morgan fingerprint density at radius 3 is 2.27 bits per heavy atom. The number of nitrogens with one attached hydrogen (secondary N) is 2. The van der Waals surface area contributed by atoms with E-state index in [0.717, 1.165) is 12.0 Å². The first-order valence-electron chi connectivity index (χ1n) is 10.8. The van der Waals surface area contributed by atoms with E-state index in [4.69, 9.17) is 11.6 Å². The van der Waals surface area contributed by atoms with Gasteiger partial charge in [-0.2, -0.15) is 0 Å². The zero-order valence-corrected chi connectivity index (χ0v) is 19.7. The first kappa shape index (κ1) is 24.5. The summed E-state index contributed by atoms with van der Waals surface area (Å²) in [7, 11) is 0. The van der Waals surface area contributed by atoms with E-state index in [9.17, 15) is 14.7 Å². The quantitative estimate of drug-likeness (QED) is 0.631. The minimum Gasteiger partial charge on any atom is -0.384 e. The van der Waals surface area contributed by atoms with E-state index < -0.39 is 17.1 Å². The van der Waals surface area contributed by atoms with Crippen LogP contribution in [0.5, 0.6) is 0 Å². The monoisotopic (exact) mass is 437 g/mol. The molecule has 0 aliphatic carbocycles. The molecule has 0 saturated carbocycles. The maximum absolute atomic E-state index is 13.3. The number of carbonyl (C=O) groups is 2. The lowest BCUT2D eigenvalue weighted by molar-refractivity contribution is -0.155. The molecule has 1 aliphatic rings. The highest BCUT2D eigenvalue weighted by Gasteiger charge is 2.50. The maximum atomic E-state index is 13.3. The third kappa shape index (κ3) is 5.27. The molecule has 3 atom stereocenters. The fourth-order valence-corrected chi connectivity index (χ4v) is 4.12. The van der Waals surface area contributed by atoms with Crippen molar-refractivity contribution in [1.29, 1.82) is 0 Å². The van der Waals surface area contributed by atoms with Crippen LogP contribution in [0.4, 0.5) is 4.79 Å². The predicted octanol–water partition coefficient (Wildman–Crippen LogP) is 3.91. The van der Waals surface area contributed by atoms with Crippen LogP contribution in [0.15, 0.2) is 24.3 Å². The number of piperidine rings is 1. The number of hydrogen-bond donors (Lipinski definition) is 3. The number of urea groups is 1. The van der Waals surface area contributed by atoms with E-state index in [1.807, 2.05) is 53.7 Å². The van der Waals surface area contributed by atoms with Crippen molar-refractivity contribution in [2.24, 2.45) is 11.3 Å². The molecule has 0 radical (unpaired) electrons. The van der Waals surface area contributed by atoms with Gasteiger partial charge in [0.15, 0.2) is 0 Å². The Labute approximate surface area is 185 Å². The Hall–Kier alpha value is -1.79. The number of amides is 3. The summed E-state index contributed by atoms with van der Waals surface area (Å²) in [6.45, 7) is 12.5. The normalized spacial score (nSPS) is 23.0. The second-order valence-corrected chi connectivity index (χ2v) is 9.85. The topological polar surface area (TPSA) is 81.7 Å². The Morgan fingerprint density at radius 2 is 1.77 bits per heavy atom. The van der Waals surface area contributed by atoms with E-state index in [1.54, 1.807) is 17.0 Å². The van der Waals surface area contributed by atoms with Crippen LogP contribution in [0.1, 0.15) is 59.9 Å². The zero-order chi connectivity index (χ0) is 22.7. The van der Waals surface area contributed by atoms with Crippen molar-refractivity contribution in [3.05, 3.63) is 34.9 Å². The molecule has 3 N–H and O–H groups in total. The Bertz CT molecular complexity index is 751. The molecule has 1 aromatic carbocycles. The molecule has 7 heteroatoms. The average molecular weight is 438 g/mol. The molecule has 30 heavy (non-hydrogen) atoms. The van der Waals surface area contributed by atoms with Crippen molar-refractivity contribution >= 4 is 23.5 Å². The van der Waals surface area contributed by atoms with Gasteiger partial charge in [0.1, 0.15) is 6.04 Å². The van der Waals surface area contributed by atoms with Gasteiger partial charge in [0, 0.05) is 29.6 Å². The number of hydrogen-bond acceptors (Lipinski definition) is 3. The van der Waals surface area contributed by atoms with Gasteiger partial charge in [0.05, 0.1) is 5.60 Å². The summed E-state index contributed by atoms with van der Waals surface area (Å²) in [5, 5.41) is 17.8. The Morgan fingerprint density at radius 1 is 1.17 bits per heavy atom. The van der Waals surface area contributed by atoms with Crippen LogP contribution >= 0.6 is 11.6 Å². The van der Waals surface area contributed by atoms with Crippen molar-refractivity contribution in [2.45, 2.75) is 72.1 Å². The van der Waals surface area contributed by atoms with Gasteiger partial charge >= 0.3 is 6.03 Å². The van der Waals surface area contributed by atoms with Gasteiger partial charge in [0.2, 0.25) is 5.91 Å². The molecule has 1 aliphatic heterocycles. The molecule has 3 amide bonds. The number of likely N-dealkylation sites (tertiary alicyclic amines) is 1. The molecular formula is C23H36ClN3O3. The van der Waals surface area contributed by atoms with Crippen LogP contribution in [-0.2, 0) is 10.4 Å². The number of nitrogens with zero attached hydrogens (tertiary/aromatic N) is 1. The molecule has 1 saturated heterocycles. The lowest BCUT2D eigenvalue weighted by atomic mass is 9.66. The van der Waals surface area contributed by atoms with Gasteiger partial charge in [-0.3, -0.25) is 4.79 Å². The maximum Gasteiger partial charge on any atom is 0.315 e. The predicted molar refractivity (Wildman–Crippen MR) is 120 cm³/mol. The molecule has 1 aromatic rings. The summed E-state index contributed by atoms with van der Waals surface area (Å²) < 4.78 is 0. The lowest BCUT2D eigenvalue weighted by Crippen LogP contribution is -2.61. The first-order chi connectivity index (χ1) is 13.9. The van der Waals surface area contributed by atoms with Crippen molar-refractivity contribution < 1.29 is 14.7 Å². The molecule has 168 valence electrons. The van der Waals surface area contributed by atoms with Crippen LogP contribution in [0.2, 0.25) is 5.02 Å². The van der Waals surface area contributed by atoms with Gasteiger partial charge in [-0.1, -0.05) is 58.4 Å². The molecule has 1 heterocycles. The number of carbonyl (C=O) groups excluding carboxylic acids is 2. The van der Waals surface area contributed by atoms with E-state index in [1.165, 1.54) is 0 Å². The highest BCUT2D eigenvalue weighted by Crippen LogP contribution is 2.46. The second-order valence-electron chi connectivity index (χ2n) is 9.41. The number of rotatable bonds is 6. The van der Waals surface area contributed by atoms with Crippen molar-refractivity contribution in [2.75, 3.05) is 13.1 Å². The highest BCUT2D eigenvalue weighted by molar-refractivity contribution is 6.30. The molecule has 1 fully saturated rings. The van der Waals surface area contributed by atoms with Gasteiger partial charge in [-0.05, 0) is 43.4 Å².